The van der Waals surface area contributed by atoms with Gasteiger partial charge >= 0.3 is 0 Å². The third-order valence-electron chi connectivity index (χ3n) is 6.58. The number of hydrogen-bond acceptors (Lipinski definition) is 3. The smallest absolute Gasteiger partial charge is 0.244 e. The lowest BCUT2D eigenvalue weighted by Crippen LogP contribution is -2.53. The standard InChI is InChI=1S/C25H31N3O2/c1-25(14-8-3-9-15-25)27-23(29)17-28-22-13-7-6-12-19(22)20(16-21(26)24(28)30)18-10-4-2-5-11-18/h2,4-7,10-13,20-21H,3,8-9,14-17,26H2,1H3,(H,27,29)/t20-,21-/m1/s1. The monoisotopic (exact) mass is 405 g/mol. The van der Waals surface area contributed by atoms with E-state index in [9.17, 15) is 9.59 Å². The molecular formula is C25H31N3O2. The number of amides is 2. The summed E-state index contributed by atoms with van der Waals surface area (Å²) < 4.78 is 0. The zero-order valence-electron chi connectivity index (χ0n) is 17.6. The van der Waals surface area contributed by atoms with Crippen molar-refractivity contribution in [3.63, 3.8) is 0 Å². The summed E-state index contributed by atoms with van der Waals surface area (Å²) in [6.45, 7) is 2.11. The Labute approximate surface area is 178 Å². The Bertz CT molecular complexity index is 906. The number of para-hydroxylation sites is 1. The third-order valence-corrected chi connectivity index (χ3v) is 6.58. The first-order valence-corrected chi connectivity index (χ1v) is 11.0. The Balaban J connectivity index is 1.63. The zero-order chi connectivity index (χ0) is 21.1. The van der Waals surface area contributed by atoms with Gasteiger partial charge in [-0.25, -0.2) is 0 Å². The average Bonchev–Trinajstić information content (AvgIpc) is 2.85. The van der Waals surface area contributed by atoms with Gasteiger partial charge in [-0.3, -0.25) is 9.59 Å². The van der Waals surface area contributed by atoms with E-state index in [1.165, 1.54) is 6.42 Å². The molecule has 0 bridgehead atoms. The van der Waals surface area contributed by atoms with Crippen molar-refractivity contribution in [3.05, 3.63) is 65.7 Å². The van der Waals surface area contributed by atoms with Crippen molar-refractivity contribution < 1.29 is 9.59 Å². The molecule has 0 unspecified atom stereocenters. The summed E-state index contributed by atoms with van der Waals surface area (Å²) in [6.07, 6.45) is 5.98. The lowest BCUT2D eigenvalue weighted by atomic mass is 9.83. The summed E-state index contributed by atoms with van der Waals surface area (Å²) in [5, 5.41) is 3.20. The fraction of sp³-hybridized carbons (Fsp3) is 0.440. The fourth-order valence-corrected chi connectivity index (χ4v) is 4.97. The minimum atomic E-state index is -0.652. The van der Waals surface area contributed by atoms with Crippen LogP contribution in [-0.2, 0) is 9.59 Å². The summed E-state index contributed by atoms with van der Waals surface area (Å²) >= 11 is 0. The second-order valence-corrected chi connectivity index (χ2v) is 8.96. The Morgan fingerprint density at radius 3 is 2.47 bits per heavy atom. The van der Waals surface area contributed by atoms with Crippen molar-refractivity contribution in [2.75, 3.05) is 11.4 Å². The van der Waals surface area contributed by atoms with E-state index in [0.717, 1.165) is 42.5 Å². The van der Waals surface area contributed by atoms with Gasteiger partial charge in [0.25, 0.3) is 0 Å². The van der Waals surface area contributed by atoms with Crippen LogP contribution in [0.2, 0.25) is 0 Å². The number of anilines is 1. The molecular weight excluding hydrogens is 374 g/mol. The molecule has 5 heteroatoms. The van der Waals surface area contributed by atoms with Gasteiger partial charge in [0, 0.05) is 17.1 Å². The highest BCUT2D eigenvalue weighted by Gasteiger charge is 2.36. The van der Waals surface area contributed by atoms with Gasteiger partial charge in [0.15, 0.2) is 0 Å². The molecule has 1 heterocycles. The minimum absolute atomic E-state index is 0.000641. The van der Waals surface area contributed by atoms with Crippen LogP contribution in [0.4, 0.5) is 5.69 Å². The van der Waals surface area contributed by atoms with Crippen LogP contribution in [0, 0.1) is 0 Å². The zero-order valence-corrected chi connectivity index (χ0v) is 17.6. The van der Waals surface area contributed by atoms with E-state index in [1.807, 2.05) is 42.5 Å². The molecule has 2 atom stereocenters. The van der Waals surface area contributed by atoms with Crippen molar-refractivity contribution in [1.29, 1.82) is 0 Å². The number of fused-ring (bicyclic) bond motifs is 1. The molecule has 4 rings (SSSR count). The van der Waals surface area contributed by atoms with Crippen molar-refractivity contribution in [2.45, 2.75) is 62.9 Å². The van der Waals surface area contributed by atoms with Crippen molar-refractivity contribution in [2.24, 2.45) is 5.73 Å². The summed E-state index contributed by atoms with van der Waals surface area (Å²) in [6, 6.07) is 17.4. The second kappa shape index (κ2) is 8.60. The number of nitrogens with one attached hydrogen (secondary N) is 1. The SMILES string of the molecule is CC1(NC(=O)CN2C(=O)[C@H](N)C[C@H](c3ccccc3)c3ccccc32)CCCCC1. The molecule has 0 spiro atoms. The number of rotatable bonds is 4. The maximum atomic E-state index is 13.2. The first-order chi connectivity index (χ1) is 14.5. The van der Waals surface area contributed by atoms with E-state index in [2.05, 4.69) is 24.4 Å². The molecule has 1 aliphatic heterocycles. The molecule has 30 heavy (non-hydrogen) atoms. The molecule has 2 aromatic carbocycles. The van der Waals surface area contributed by atoms with E-state index in [4.69, 9.17) is 5.73 Å². The van der Waals surface area contributed by atoms with E-state index in [1.54, 1.807) is 4.90 Å². The van der Waals surface area contributed by atoms with E-state index in [-0.39, 0.29) is 29.8 Å². The summed E-state index contributed by atoms with van der Waals surface area (Å²) in [5.74, 6) is -0.289. The number of nitrogens with two attached hydrogens (primary N) is 1. The van der Waals surface area contributed by atoms with Crippen LogP contribution < -0.4 is 16.0 Å². The molecule has 2 aromatic rings. The van der Waals surface area contributed by atoms with Gasteiger partial charge in [-0.2, -0.15) is 0 Å². The highest BCUT2D eigenvalue weighted by molar-refractivity contribution is 6.03. The number of nitrogens with zero attached hydrogens (tertiary/aromatic N) is 1. The largest absolute Gasteiger partial charge is 0.349 e. The van der Waals surface area contributed by atoms with Gasteiger partial charge in [-0.05, 0) is 43.4 Å². The van der Waals surface area contributed by atoms with Gasteiger partial charge in [0.05, 0.1) is 6.04 Å². The minimum Gasteiger partial charge on any atom is -0.349 e. The second-order valence-electron chi connectivity index (χ2n) is 8.96. The molecule has 1 aliphatic carbocycles. The van der Waals surface area contributed by atoms with Gasteiger partial charge < -0.3 is 16.0 Å². The molecule has 158 valence electrons. The van der Waals surface area contributed by atoms with E-state index < -0.39 is 6.04 Å². The highest BCUT2D eigenvalue weighted by atomic mass is 16.2. The van der Waals surface area contributed by atoms with E-state index >= 15 is 0 Å². The fourth-order valence-electron chi connectivity index (χ4n) is 4.97. The van der Waals surface area contributed by atoms with Crippen LogP contribution in [0.5, 0.6) is 0 Å². The molecule has 3 N–H and O–H groups in total. The first-order valence-electron chi connectivity index (χ1n) is 11.0. The van der Waals surface area contributed by atoms with Crippen LogP contribution in [0.15, 0.2) is 54.6 Å². The Morgan fingerprint density at radius 1 is 1.07 bits per heavy atom. The van der Waals surface area contributed by atoms with Gasteiger partial charge in [-0.1, -0.05) is 67.8 Å². The molecule has 0 radical (unpaired) electrons. The summed E-state index contributed by atoms with van der Waals surface area (Å²) in [5.41, 5.74) is 9.12. The normalized spacial score (nSPS) is 23.4. The topological polar surface area (TPSA) is 75.4 Å². The van der Waals surface area contributed by atoms with Crippen molar-refractivity contribution in [3.8, 4) is 0 Å². The number of carbonyl (C=O) groups is 2. The maximum Gasteiger partial charge on any atom is 0.244 e. The lowest BCUT2D eigenvalue weighted by Gasteiger charge is -2.35. The first kappa shape index (κ1) is 20.6. The lowest BCUT2D eigenvalue weighted by molar-refractivity contribution is -0.125. The predicted molar refractivity (Wildman–Crippen MR) is 119 cm³/mol. The average molecular weight is 406 g/mol. The third kappa shape index (κ3) is 4.26. The van der Waals surface area contributed by atoms with Crippen LogP contribution in [0.3, 0.4) is 0 Å². The molecule has 1 fully saturated rings. The predicted octanol–water partition coefficient (Wildman–Crippen LogP) is 3.72. The van der Waals surface area contributed by atoms with Crippen LogP contribution >= 0.6 is 0 Å². The number of hydrogen-bond donors (Lipinski definition) is 2. The molecule has 2 aliphatic rings. The van der Waals surface area contributed by atoms with Gasteiger partial charge in [0.2, 0.25) is 11.8 Å². The van der Waals surface area contributed by atoms with Crippen LogP contribution in [0.1, 0.15) is 62.5 Å². The molecule has 0 aromatic heterocycles. The molecule has 2 amide bonds. The molecule has 1 saturated carbocycles. The number of benzene rings is 2. The quantitative estimate of drug-likeness (QED) is 0.814. The van der Waals surface area contributed by atoms with Crippen LogP contribution in [0.25, 0.3) is 0 Å². The van der Waals surface area contributed by atoms with Crippen molar-refractivity contribution in [1.82, 2.24) is 5.32 Å². The Hall–Kier alpha value is -2.66. The molecule has 5 nitrogen and oxygen atoms in total. The summed E-state index contributed by atoms with van der Waals surface area (Å²) in [4.78, 5) is 27.8. The Morgan fingerprint density at radius 2 is 1.73 bits per heavy atom. The molecule has 0 saturated heterocycles. The maximum absolute atomic E-state index is 13.2. The van der Waals surface area contributed by atoms with Crippen molar-refractivity contribution >= 4 is 17.5 Å². The van der Waals surface area contributed by atoms with Gasteiger partial charge in [0.1, 0.15) is 6.54 Å². The Kier molecular flexibility index (Phi) is 5.91. The van der Waals surface area contributed by atoms with Crippen LogP contribution in [-0.4, -0.2) is 29.9 Å². The van der Waals surface area contributed by atoms with Gasteiger partial charge in [-0.15, -0.1) is 0 Å². The summed E-state index contributed by atoms with van der Waals surface area (Å²) in [7, 11) is 0. The highest BCUT2D eigenvalue weighted by Crippen LogP contribution is 2.38. The number of carbonyl (C=O) groups excluding carboxylic acids is 2. The van der Waals surface area contributed by atoms with E-state index in [0.29, 0.717) is 6.42 Å².